The van der Waals surface area contributed by atoms with Gasteiger partial charge >= 0.3 is 5.97 Å². The molecule has 0 fully saturated rings. The maximum absolute atomic E-state index is 11.2. The van der Waals surface area contributed by atoms with Crippen LogP contribution >= 0.6 is 11.8 Å². The second-order valence-corrected chi connectivity index (χ2v) is 4.77. The number of benzene rings is 2. The smallest absolute Gasteiger partial charge is 0.315 e. The monoisotopic (exact) mass is 277 g/mol. The molecule has 0 aliphatic heterocycles. The highest BCUT2D eigenvalue weighted by atomic mass is 32.2. The molecule has 0 unspecified atom stereocenters. The number of hydrogen-bond acceptors (Lipinski definition) is 5. The third kappa shape index (κ3) is 2.85. The molecule has 0 aromatic heterocycles. The zero-order valence-electron chi connectivity index (χ0n) is 10.2. The van der Waals surface area contributed by atoms with Gasteiger partial charge in [0.1, 0.15) is 0 Å². The molecule has 98 valence electrons. The van der Waals surface area contributed by atoms with Gasteiger partial charge in [-0.25, -0.2) is 0 Å². The van der Waals surface area contributed by atoms with Gasteiger partial charge in [0.15, 0.2) is 0 Å². The highest BCUT2D eigenvalue weighted by Gasteiger charge is 2.19. The summed E-state index contributed by atoms with van der Waals surface area (Å²) in [4.78, 5) is 22.4. The number of nitrogens with zero attached hydrogens (tertiary/aromatic N) is 1. The summed E-state index contributed by atoms with van der Waals surface area (Å²) in [5.41, 5.74) is 0.0343. The standard InChI is InChI=1S/C13H11NO4S/c1-18-12(15)8-19-11-7-6-9-4-2-3-5-10(9)13(11)14(16)17/h2-7H,8H2,1H3. The van der Waals surface area contributed by atoms with Crippen molar-refractivity contribution in [2.45, 2.75) is 4.90 Å². The van der Waals surface area contributed by atoms with Crippen molar-refractivity contribution >= 4 is 34.2 Å². The number of nitro groups is 1. The van der Waals surface area contributed by atoms with E-state index in [9.17, 15) is 14.9 Å². The Bertz CT molecular complexity index is 642. The molecule has 2 rings (SSSR count). The second-order valence-electron chi connectivity index (χ2n) is 3.76. The number of hydrogen-bond donors (Lipinski definition) is 0. The highest BCUT2D eigenvalue weighted by molar-refractivity contribution is 8.00. The van der Waals surface area contributed by atoms with Gasteiger partial charge < -0.3 is 4.74 Å². The molecule has 0 aliphatic carbocycles. The number of fused-ring (bicyclic) bond motifs is 1. The van der Waals surface area contributed by atoms with Crippen LogP contribution in [0.1, 0.15) is 0 Å². The number of thioether (sulfide) groups is 1. The Labute approximate surface area is 113 Å². The SMILES string of the molecule is COC(=O)CSc1ccc2ccccc2c1[N+](=O)[O-]. The molecule has 0 heterocycles. The molecule has 0 N–H and O–H groups in total. The summed E-state index contributed by atoms with van der Waals surface area (Å²) in [5.74, 6) is -0.358. The van der Waals surface area contributed by atoms with Crippen LogP contribution in [0.3, 0.4) is 0 Å². The lowest BCUT2D eigenvalue weighted by atomic mass is 10.1. The van der Waals surface area contributed by atoms with Crippen molar-refractivity contribution in [1.82, 2.24) is 0 Å². The number of rotatable bonds is 4. The van der Waals surface area contributed by atoms with Gasteiger partial charge in [0.2, 0.25) is 0 Å². The predicted molar refractivity (Wildman–Crippen MR) is 73.3 cm³/mol. The number of carbonyl (C=O) groups excluding carboxylic acids is 1. The van der Waals surface area contributed by atoms with Crippen LogP contribution in [0, 0.1) is 10.1 Å². The van der Waals surface area contributed by atoms with Gasteiger partial charge in [0.05, 0.1) is 28.1 Å². The third-order valence-corrected chi connectivity index (χ3v) is 3.64. The number of carbonyl (C=O) groups is 1. The van der Waals surface area contributed by atoms with Crippen LogP contribution in [0.5, 0.6) is 0 Å². The lowest BCUT2D eigenvalue weighted by Gasteiger charge is -2.05. The Hall–Kier alpha value is -2.08. The lowest BCUT2D eigenvalue weighted by molar-refractivity contribution is -0.385. The van der Waals surface area contributed by atoms with Gasteiger partial charge in [-0.1, -0.05) is 24.3 Å². The molecule has 2 aromatic carbocycles. The number of methoxy groups -OCH3 is 1. The van der Waals surface area contributed by atoms with Crippen LogP contribution in [0.4, 0.5) is 5.69 Å². The average molecular weight is 277 g/mol. The summed E-state index contributed by atoms with van der Waals surface area (Å²) in [6.07, 6.45) is 0. The molecular weight excluding hydrogens is 266 g/mol. The Kier molecular flexibility index (Phi) is 4.01. The molecule has 0 atom stereocenters. The average Bonchev–Trinajstić information content (AvgIpc) is 2.43. The van der Waals surface area contributed by atoms with Crippen molar-refractivity contribution in [1.29, 1.82) is 0 Å². The Balaban J connectivity index is 2.46. The fraction of sp³-hybridized carbons (Fsp3) is 0.154. The lowest BCUT2D eigenvalue weighted by Crippen LogP contribution is -2.03. The Morgan fingerprint density at radius 2 is 2.05 bits per heavy atom. The first-order valence-electron chi connectivity index (χ1n) is 5.49. The van der Waals surface area contributed by atoms with Crippen LogP contribution in [0.25, 0.3) is 10.8 Å². The van der Waals surface area contributed by atoms with E-state index < -0.39 is 10.9 Å². The highest BCUT2D eigenvalue weighted by Crippen LogP contribution is 2.35. The van der Waals surface area contributed by atoms with E-state index in [1.54, 1.807) is 18.2 Å². The van der Waals surface area contributed by atoms with Gasteiger partial charge in [-0.05, 0) is 17.5 Å². The van der Waals surface area contributed by atoms with Crippen molar-refractivity contribution in [2.24, 2.45) is 0 Å². The molecular formula is C13H11NO4S. The third-order valence-electron chi connectivity index (χ3n) is 2.62. The van der Waals surface area contributed by atoms with Gasteiger partial charge in [0, 0.05) is 0 Å². The summed E-state index contributed by atoms with van der Waals surface area (Å²) in [6.45, 7) is 0. The van der Waals surface area contributed by atoms with Crippen LogP contribution in [-0.4, -0.2) is 23.8 Å². The molecule has 2 aromatic rings. The molecule has 6 heteroatoms. The number of nitro benzene ring substituents is 1. The minimum Gasteiger partial charge on any atom is -0.468 e. The number of esters is 1. The predicted octanol–water partition coefficient (Wildman–Crippen LogP) is 3.01. The summed E-state index contributed by atoms with van der Waals surface area (Å²) in [6, 6.07) is 10.6. The molecule has 0 radical (unpaired) electrons. The normalized spacial score (nSPS) is 10.4. The summed E-state index contributed by atoms with van der Waals surface area (Å²) < 4.78 is 4.53. The zero-order valence-corrected chi connectivity index (χ0v) is 11.0. The van der Waals surface area contributed by atoms with E-state index in [0.717, 1.165) is 17.1 Å². The molecule has 0 amide bonds. The minimum absolute atomic E-state index is 0.0343. The minimum atomic E-state index is -0.415. The maximum atomic E-state index is 11.2. The molecule has 0 saturated heterocycles. The first-order valence-corrected chi connectivity index (χ1v) is 6.48. The van der Waals surface area contributed by atoms with Crippen LogP contribution in [-0.2, 0) is 9.53 Å². The Morgan fingerprint density at radius 3 is 2.74 bits per heavy atom. The number of ether oxygens (including phenoxy) is 1. The van der Waals surface area contributed by atoms with Crippen molar-refractivity contribution in [3.63, 3.8) is 0 Å². The van der Waals surface area contributed by atoms with Crippen molar-refractivity contribution < 1.29 is 14.5 Å². The molecule has 19 heavy (non-hydrogen) atoms. The van der Waals surface area contributed by atoms with E-state index in [2.05, 4.69) is 4.74 Å². The summed E-state index contributed by atoms with van der Waals surface area (Å²) >= 11 is 1.11. The van der Waals surface area contributed by atoms with Crippen molar-refractivity contribution in [3.05, 3.63) is 46.5 Å². The molecule has 0 spiro atoms. The Morgan fingerprint density at radius 1 is 1.32 bits per heavy atom. The molecule has 0 aliphatic rings. The van der Waals surface area contributed by atoms with Gasteiger partial charge in [-0.15, -0.1) is 11.8 Å². The molecule has 0 bridgehead atoms. The molecule has 0 saturated carbocycles. The quantitative estimate of drug-likeness (QED) is 0.372. The van der Waals surface area contributed by atoms with E-state index in [-0.39, 0.29) is 11.4 Å². The topological polar surface area (TPSA) is 69.4 Å². The van der Waals surface area contributed by atoms with Crippen molar-refractivity contribution in [2.75, 3.05) is 12.9 Å². The van der Waals surface area contributed by atoms with E-state index in [4.69, 9.17) is 0 Å². The molecule has 5 nitrogen and oxygen atoms in total. The maximum Gasteiger partial charge on any atom is 0.315 e. The fourth-order valence-electron chi connectivity index (χ4n) is 1.74. The second kappa shape index (κ2) is 5.71. The van der Waals surface area contributed by atoms with Crippen molar-refractivity contribution in [3.8, 4) is 0 Å². The van der Waals surface area contributed by atoms with E-state index in [1.807, 2.05) is 18.2 Å². The van der Waals surface area contributed by atoms with Gasteiger partial charge in [-0.3, -0.25) is 14.9 Å². The van der Waals surface area contributed by atoms with Crippen LogP contribution in [0.2, 0.25) is 0 Å². The van der Waals surface area contributed by atoms with E-state index >= 15 is 0 Å². The van der Waals surface area contributed by atoms with Crippen LogP contribution in [0.15, 0.2) is 41.3 Å². The fourth-order valence-corrected chi connectivity index (χ4v) is 2.61. The first-order chi connectivity index (χ1) is 9.13. The largest absolute Gasteiger partial charge is 0.468 e. The first kappa shape index (κ1) is 13.4. The summed E-state index contributed by atoms with van der Waals surface area (Å²) in [7, 11) is 1.29. The van der Waals surface area contributed by atoms with Gasteiger partial charge in [0.25, 0.3) is 5.69 Å². The van der Waals surface area contributed by atoms with E-state index in [0.29, 0.717) is 10.3 Å². The summed E-state index contributed by atoms with van der Waals surface area (Å²) in [5, 5.41) is 12.6. The van der Waals surface area contributed by atoms with E-state index in [1.165, 1.54) is 7.11 Å². The van der Waals surface area contributed by atoms with Crippen LogP contribution < -0.4 is 0 Å². The zero-order chi connectivity index (χ0) is 13.8. The van der Waals surface area contributed by atoms with Gasteiger partial charge in [-0.2, -0.15) is 0 Å².